The number of aryl methyl sites for hydroxylation is 1. The van der Waals surface area contributed by atoms with Crippen LogP contribution in [0.4, 0.5) is 0 Å². The van der Waals surface area contributed by atoms with E-state index in [1.165, 1.54) is 5.52 Å². The fourth-order valence-corrected chi connectivity index (χ4v) is 1.66. The van der Waals surface area contributed by atoms with Gasteiger partial charge in [0.1, 0.15) is 5.82 Å². The molecule has 0 amide bonds. The Labute approximate surface area is 83.8 Å². The van der Waals surface area contributed by atoms with E-state index in [-0.39, 0.29) is 0 Å². The maximum absolute atomic E-state index is 4.57. The molecule has 1 aromatic carbocycles. The zero-order valence-electron chi connectivity index (χ0n) is 8.62. The third kappa shape index (κ3) is 1.51. The van der Waals surface area contributed by atoms with E-state index in [1.54, 1.807) is 0 Å². The van der Waals surface area contributed by atoms with Crippen LogP contribution in [0.2, 0.25) is 0 Å². The molecule has 0 saturated carbocycles. The molecule has 0 radical (unpaired) electrons. The highest BCUT2D eigenvalue weighted by molar-refractivity contribution is 5.75. The minimum atomic E-state index is 0.969. The number of para-hydroxylation sites is 2. The molecule has 1 aromatic heterocycles. The zero-order chi connectivity index (χ0) is 9.97. The van der Waals surface area contributed by atoms with Crippen molar-refractivity contribution in [2.45, 2.75) is 6.42 Å². The van der Waals surface area contributed by atoms with Gasteiger partial charge in [0.15, 0.2) is 0 Å². The highest BCUT2D eigenvalue weighted by atomic mass is 15.1. The Balaban J connectivity index is 2.41. The minimum absolute atomic E-state index is 0.969. The number of benzene rings is 1. The van der Waals surface area contributed by atoms with E-state index < -0.39 is 0 Å². The van der Waals surface area contributed by atoms with Crippen LogP contribution in [0.25, 0.3) is 11.0 Å². The Morgan fingerprint density at radius 2 is 2.14 bits per heavy atom. The van der Waals surface area contributed by atoms with Gasteiger partial charge in [-0.25, -0.2) is 4.98 Å². The van der Waals surface area contributed by atoms with E-state index in [4.69, 9.17) is 0 Å². The topological polar surface area (TPSA) is 29.9 Å². The number of aromatic nitrogens is 2. The summed E-state index contributed by atoms with van der Waals surface area (Å²) < 4.78 is 2.16. The Morgan fingerprint density at radius 1 is 1.36 bits per heavy atom. The summed E-state index contributed by atoms with van der Waals surface area (Å²) in [6, 6.07) is 8.23. The molecule has 0 fully saturated rings. The molecular weight excluding hydrogens is 174 g/mol. The van der Waals surface area contributed by atoms with Crippen LogP contribution < -0.4 is 5.32 Å². The fourth-order valence-electron chi connectivity index (χ4n) is 1.66. The van der Waals surface area contributed by atoms with Crippen LogP contribution >= 0.6 is 0 Å². The largest absolute Gasteiger partial charge is 0.331 e. The molecule has 0 atom stereocenters. The number of imidazole rings is 1. The highest BCUT2D eigenvalue weighted by Crippen LogP contribution is 2.13. The Kier molecular flexibility index (Phi) is 2.50. The zero-order valence-corrected chi connectivity index (χ0v) is 8.62. The van der Waals surface area contributed by atoms with Crippen molar-refractivity contribution in [1.82, 2.24) is 14.9 Å². The molecular formula is C11H15N3. The molecule has 0 aliphatic heterocycles. The van der Waals surface area contributed by atoms with Gasteiger partial charge >= 0.3 is 0 Å². The van der Waals surface area contributed by atoms with Gasteiger partial charge in [-0.1, -0.05) is 12.1 Å². The molecule has 0 saturated heterocycles. The van der Waals surface area contributed by atoms with E-state index in [1.807, 2.05) is 19.2 Å². The van der Waals surface area contributed by atoms with Crippen molar-refractivity contribution in [3.05, 3.63) is 30.1 Å². The first-order valence-corrected chi connectivity index (χ1v) is 4.88. The van der Waals surface area contributed by atoms with Crippen LogP contribution in [0.15, 0.2) is 24.3 Å². The van der Waals surface area contributed by atoms with E-state index in [2.05, 4.69) is 34.0 Å². The average Bonchev–Trinajstić information content (AvgIpc) is 2.54. The predicted molar refractivity (Wildman–Crippen MR) is 58.3 cm³/mol. The lowest BCUT2D eigenvalue weighted by Crippen LogP contribution is -2.12. The first-order valence-electron chi connectivity index (χ1n) is 4.88. The number of nitrogens with zero attached hydrogens (tertiary/aromatic N) is 2. The van der Waals surface area contributed by atoms with Crippen LogP contribution in [-0.4, -0.2) is 23.1 Å². The third-order valence-electron chi connectivity index (χ3n) is 2.48. The van der Waals surface area contributed by atoms with Crippen molar-refractivity contribution < 1.29 is 0 Å². The fraction of sp³-hybridized carbons (Fsp3) is 0.364. The summed E-state index contributed by atoms with van der Waals surface area (Å²) in [5.74, 6) is 1.14. The van der Waals surface area contributed by atoms with E-state index in [9.17, 15) is 0 Å². The molecule has 3 nitrogen and oxygen atoms in total. The first-order chi connectivity index (χ1) is 6.83. The monoisotopic (exact) mass is 189 g/mol. The summed E-state index contributed by atoms with van der Waals surface area (Å²) in [6.45, 7) is 0.969. The van der Waals surface area contributed by atoms with Crippen molar-refractivity contribution >= 4 is 11.0 Å². The Bertz CT molecular complexity index is 431. The van der Waals surface area contributed by atoms with Gasteiger partial charge in [0, 0.05) is 20.0 Å². The summed E-state index contributed by atoms with van der Waals surface area (Å²) in [5.41, 5.74) is 2.29. The molecule has 3 heteroatoms. The normalized spacial score (nSPS) is 11.0. The van der Waals surface area contributed by atoms with Crippen molar-refractivity contribution in [3.63, 3.8) is 0 Å². The Hall–Kier alpha value is -1.35. The summed E-state index contributed by atoms with van der Waals surface area (Å²) in [6.07, 6.45) is 0.974. The highest BCUT2D eigenvalue weighted by Gasteiger charge is 2.05. The number of likely N-dealkylation sites (N-methyl/N-ethyl adjacent to an activating group) is 1. The number of hydrogen-bond donors (Lipinski definition) is 1. The number of fused-ring (bicyclic) bond motifs is 1. The van der Waals surface area contributed by atoms with E-state index in [0.717, 1.165) is 24.3 Å². The molecule has 0 unspecified atom stereocenters. The summed E-state index contributed by atoms with van der Waals surface area (Å²) in [4.78, 5) is 4.57. The third-order valence-corrected chi connectivity index (χ3v) is 2.48. The van der Waals surface area contributed by atoms with Crippen molar-refractivity contribution in [3.8, 4) is 0 Å². The molecule has 0 spiro atoms. The van der Waals surface area contributed by atoms with Crippen LogP contribution in [-0.2, 0) is 13.5 Å². The lowest BCUT2D eigenvalue weighted by molar-refractivity contribution is 0.726. The molecule has 1 N–H and O–H groups in total. The van der Waals surface area contributed by atoms with Gasteiger partial charge in [-0.2, -0.15) is 0 Å². The van der Waals surface area contributed by atoms with E-state index in [0.29, 0.717) is 0 Å². The second kappa shape index (κ2) is 3.80. The Morgan fingerprint density at radius 3 is 2.86 bits per heavy atom. The quantitative estimate of drug-likeness (QED) is 0.789. The maximum Gasteiger partial charge on any atom is 0.110 e. The molecule has 0 bridgehead atoms. The van der Waals surface area contributed by atoms with Gasteiger partial charge < -0.3 is 9.88 Å². The van der Waals surface area contributed by atoms with Crippen molar-refractivity contribution in [2.75, 3.05) is 13.6 Å². The van der Waals surface area contributed by atoms with Gasteiger partial charge in [0.25, 0.3) is 0 Å². The second-order valence-electron chi connectivity index (χ2n) is 3.43. The standard InChI is InChI=1S/C11H15N3/c1-12-8-7-11-13-9-5-3-4-6-10(9)14(11)2/h3-6,12H,7-8H2,1-2H3. The molecule has 74 valence electrons. The van der Waals surface area contributed by atoms with Gasteiger partial charge in [-0.05, 0) is 19.2 Å². The smallest absolute Gasteiger partial charge is 0.110 e. The molecule has 1 heterocycles. The van der Waals surface area contributed by atoms with Gasteiger partial charge in [0.05, 0.1) is 11.0 Å². The SMILES string of the molecule is CNCCc1nc2ccccc2n1C. The second-order valence-corrected chi connectivity index (χ2v) is 3.43. The van der Waals surface area contributed by atoms with Gasteiger partial charge in [-0.3, -0.25) is 0 Å². The van der Waals surface area contributed by atoms with Crippen LogP contribution in [0, 0.1) is 0 Å². The maximum atomic E-state index is 4.57. The summed E-state index contributed by atoms with van der Waals surface area (Å²) in [7, 11) is 4.03. The lowest BCUT2D eigenvalue weighted by Gasteiger charge is -2.00. The van der Waals surface area contributed by atoms with Gasteiger partial charge in [-0.15, -0.1) is 0 Å². The predicted octanol–water partition coefficient (Wildman–Crippen LogP) is 1.34. The molecule has 0 aliphatic carbocycles. The number of rotatable bonds is 3. The minimum Gasteiger partial charge on any atom is -0.331 e. The van der Waals surface area contributed by atoms with Crippen molar-refractivity contribution in [1.29, 1.82) is 0 Å². The lowest BCUT2D eigenvalue weighted by atomic mass is 10.3. The summed E-state index contributed by atoms with van der Waals surface area (Å²) >= 11 is 0. The van der Waals surface area contributed by atoms with E-state index >= 15 is 0 Å². The number of nitrogens with one attached hydrogen (secondary N) is 1. The molecule has 0 aliphatic rings. The molecule has 14 heavy (non-hydrogen) atoms. The van der Waals surface area contributed by atoms with Crippen LogP contribution in [0.3, 0.4) is 0 Å². The number of hydrogen-bond acceptors (Lipinski definition) is 2. The van der Waals surface area contributed by atoms with Crippen molar-refractivity contribution in [2.24, 2.45) is 7.05 Å². The summed E-state index contributed by atoms with van der Waals surface area (Å²) in [5, 5.41) is 3.13. The van der Waals surface area contributed by atoms with Crippen LogP contribution in [0.1, 0.15) is 5.82 Å². The molecule has 2 rings (SSSR count). The van der Waals surface area contributed by atoms with Crippen LogP contribution in [0.5, 0.6) is 0 Å². The van der Waals surface area contributed by atoms with Gasteiger partial charge in [0.2, 0.25) is 0 Å². The average molecular weight is 189 g/mol. The first kappa shape index (κ1) is 9.21. The molecule has 2 aromatic rings.